The van der Waals surface area contributed by atoms with Crippen LogP contribution in [-0.2, 0) is 0 Å². The van der Waals surface area contributed by atoms with Crippen LogP contribution in [0.5, 0.6) is 0 Å². The zero-order chi connectivity index (χ0) is 14.7. The molecule has 2 rings (SSSR count). The van der Waals surface area contributed by atoms with Crippen LogP contribution in [0.2, 0.25) is 0 Å². The van der Waals surface area contributed by atoms with Crippen molar-refractivity contribution in [2.45, 2.75) is 58.2 Å². The summed E-state index contributed by atoms with van der Waals surface area (Å²) in [5, 5.41) is 0. The van der Waals surface area contributed by atoms with E-state index in [1.54, 1.807) is 0 Å². The van der Waals surface area contributed by atoms with Gasteiger partial charge < -0.3 is 5.73 Å². The number of nitrogens with two attached hydrogens (primary N) is 1. The van der Waals surface area contributed by atoms with E-state index in [1.165, 1.54) is 24.9 Å². The summed E-state index contributed by atoms with van der Waals surface area (Å²) in [5.74, 6) is 0.755. The Bertz CT molecular complexity index is 418. The average molecular weight is 339 g/mol. The van der Waals surface area contributed by atoms with E-state index in [4.69, 9.17) is 5.73 Å². The molecule has 1 aromatic rings. The Morgan fingerprint density at radius 2 is 1.95 bits per heavy atom. The molecule has 1 aromatic carbocycles. The Morgan fingerprint density at radius 1 is 1.30 bits per heavy atom. The molecule has 4 atom stereocenters. The van der Waals surface area contributed by atoms with Gasteiger partial charge in [0.15, 0.2) is 0 Å². The van der Waals surface area contributed by atoms with Gasteiger partial charge in [0, 0.05) is 16.6 Å². The molecule has 1 saturated heterocycles. The van der Waals surface area contributed by atoms with Gasteiger partial charge in [-0.1, -0.05) is 41.9 Å². The molecular formula is C17H27BrN2. The Morgan fingerprint density at radius 3 is 2.55 bits per heavy atom. The minimum Gasteiger partial charge on any atom is -0.326 e. The third kappa shape index (κ3) is 3.44. The summed E-state index contributed by atoms with van der Waals surface area (Å²) in [5.41, 5.74) is 7.82. The molecular weight excluding hydrogens is 312 g/mol. The molecule has 0 bridgehead atoms. The standard InChI is InChI=1S/C17H27BrN2/c1-4-16(19)17(14-7-9-15(18)10-8-14)20-11-5-6-12(2)13(20)3/h7-10,12-13,16-17H,4-6,11,19H2,1-3H3. The molecule has 0 spiro atoms. The van der Waals surface area contributed by atoms with Crippen molar-refractivity contribution in [1.82, 2.24) is 4.90 Å². The molecule has 3 heteroatoms. The maximum absolute atomic E-state index is 6.47. The van der Waals surface area contributed by atoms with E-state index in [9.17, 15) is 0 Å². The van der Waals surface area contributed by atoms with Gasteiger partial charge >= 0.3 is 0 Å². The summed E-state index contributed by atoms with van der Waals surface area (Å²) in [6.45, 7) is 8.08. The van der Waals surface area contributed by atoms with Gasteiger partial charge in [0.05, 0.1) is 6.04 Å². The molecule has 0 radical (unpaired) electrons. The number of benzene rings is 1. The van der Waals surface area contributed by atoms with Crippen molar-refractivity contribution in [2.24, 2.45) is 11.7 Å². The van der Waals surface area contributed by atoms with Gasteiger partial charge in [-0.15, -0.1) is 0 Å². The van der Waals surface area contributed by atoms with Crippen molar-refractivity contribution >= 4 is 15.9 Å². The molecule has 0 aliphatic carbocycles. The molecule has 1 aliphatic rings. The predicted octanol–water partition coefficient (Wildman–Crippen LogP) is 4.35. The first-order chi connectivity index (χ1) is 9.54. The minimum absolute atomic E-state index is 0.198. The molecule has 4 unspecified atom stereocenters. The van der Waals surface area contributed by atoms with Gasteiger partial charge in [-0.25, -0.2) is 0 Å². The van der Waals surface area contributed by atoms with E-state index in [-0.39, 0.29) is 6.04 Å². The van der Waals surface area contributed by atoms with Crippen LogP contribution in [0, 0.1) is 5.92 Å². The second-order valence-corrected chi connectivity index (χ2v) is 7.08. The van der Waals surface area contributed by atoms with Crippen LogP contribution >= 0.6 is 15.9 Å². The van der Waals surface area contributed by atoms with Gasteiger partial charge in [0.25, 0.3) is 0 Å². The lowest BCUT2D eigenvalue weighted by atomic mass is 9.87. The number of piperidine rings is 1. The molecule has 1 aliphatic heterocycles. The summed E-state index contributed by atoms with van der Waals surface area (Å²) < 4.78 is 1.13. The van der Waals surface area contributed by atoms with Crippen LogP contribution in [0.3, 0.4) is 0 Å². The summed E-state index contributed by atoms with van der Waals surface area (Å²) in [6.07, 6.45) is 3.64. The highest BCUT2D eigenvalue weighted by atomic mass is 79.9. The van der Waals surface area contributed by atoms with Crippen molar-refractivity contribution in [2.75, 3.05) is 6.54 Å². The summed E-state index contributed by atoms with van der Waals surface area (Å²) in [4.78, 5) is 2.63. The lowest BCUT2D eigenvalue weighted by Gasteiger charge is -2.45. The number of rotatable bonds is 4. The number of nitrogens with zero attached hydrogens (tertiary/aromatic N) is 1. The normalized spacial score (nSPS) is 27.2. The third-order valence-corrected chi connectivity index (χ3v) is 5.40. The molecule has 20 heavy (non-hydrogen) atoms. The van der Waals surface area contributed by atoms with Crippen LogP contribution < -0.4 is 5.73 Å². The van der Waals surface area contributed by atoms with Gasteiger partial charge in [-0.2, -0.15) is 0 Å². The van der Waals surface area contributed by atoms with Crippen molar-refractivity contribution in [3.05, 3.63) is 34.3 Å². The fraction of sp³-hybridized carbons (Fsp3) is 0.647. The number of likely N-dealkylation sites (tertiary alicyclic amines) is 1. The minimum atomic E-state index is 0.198. The topological polar surface area (TPSA) is 29.3 Å². The first-order valence-electron chi connectivity index (χ1n) is 7.81. The third-order valence-electron chi connectivity index (χ3n) is 4.87. The highest BCUT2D eigenvalue weighted by Crippen LogP contribution is 2.34. The van der Waals surface area contributed by atoms with E-state index >= 15 is 0 Å². The summed E-state index contributed by atoms with van der Waals surface area (Å²) in [7, 11) is 0. The largest absolute Gasteiger partial charge is 0.326 e. The molecule has 1 heterocycles. The molecule has 1 fully saturated rings. The first-order valence-corrected chi connectivity index (χ1v) is 8.60. The van der Waals surface area contributed by atoms with Gasteiger partial charge in [-0.05, 0) is 56.3 Å². The highest BCUT2D eigenvalue weighted by molar-refractivity contribution is 9.10. The van der Waals surface area contributed by atoms with E-state index < -0.39 is 0 Å². The maximum atomic E-state index is 6.47. The molecule has 2 nitrogen and oxygen atoms in total. The van der Waals surface area contributed by atoms with E-state index in [1.807, 2.05) is 0 Å². The highest BCUT2D eigenvalue weighted by Gasteiger charge is 2.33. The predicted molar refractivity (Wildman–Crippen MR) is 89.7 cm³/mol. The number of hydrogen-bond donors (Lipinski definition) is 1. The molecule has 2 N–H and O–H groups in total. The summed E-state index contributed by atoms with van der Waals surface area (Å²) in [6, 6.07) is 9.84. The second-order valence-electron chi connectivity index (χ2n) is 6.17. The van der Waals surface area contributed by atoms with Gasteiger partial charge in [0.2, 0.25) is 0 Å². The van der Waals surface area contributed by atoms with E-state index in [0.29, 0.717) is 12.1 Å². The quantitative estimate of drug-likeness (QED) is 0.884. The monoisotopic (exact) mass is 338 g/mol. The molecule has 0 amide bonds. The van der Waals surface area contributed by atoms with Crippen LogP contribution in [0.1, 0.15) is 51.6 Å². The first kappa shape index (κ1) is 16.0. The van der Waals surface area contributed by atoms with Crippen molar-refractivity contribution in [3.8, 4) is 0 Å². The van der Waals surface area contributed by atoms with Crippen LogP contribution in [0.25, 0.3) is 0 Å². The Labute approximate surface area is 131 Å². The number of hydrogen-bond acceptors (Lipinski definition) is 2. The average Bonchev–Trinajstić information content (AvgIpc) is 2.45. The van der Waals surface area contributed by atoms with Gasteiger partial charge in [-0.3, -0.25) is 4.90 Å². The van der Waals surface area contributed by atoms with E-state index in [0.717, 1.165) is 16.8 Å². The maximum Gasteiger partial charge on any atom is 0.0502 e. The fourth-order valence-corrected chi connectivity index (χ4v) is 3.59. The van der Waals surface area contributed by atoms with Crippen molar-refractivity contribution < 1.29 is 0 Å². The number of halogens is 1. The van der Waals surface area contributed by atoms with Crippen LogP contribution in [0.15, 0.2) is 28.7 Å². The Balaban J connectivity index is 2.29. The van der Waals surface area contributed by atoms with E-state index in [2.05, 4.69) is 65.9 Å². The van der Waals surface area contributed by atoms with Crippen LogP contribution in [-0.4, -0.2) is 23.5 Å². The molecule has 112 valence electrons. The zero-order valence-corrected chi connectivity index (χ0v) is 14.4. The van der Waals surface area contributed by atoms with Crippen LogP contribution in [0.4, 0.5) is 0 Å². The molecule has 0 saturated carbocycles. The summed E-state index contributed by atoms with van der Waals surface area (Å²) >= 11 is 3.52. The smallest absolute Gasteiger partial charge is 0.0502 e. The zero-order valence-electron chi connectivity index (χ0n) is 12.8. The lowest BCUT2D eigenvalue weighted by molar-refractivity contribution is 0.0546. The lowest BCUT2D eigenvalue weighted by Crippen LogP contribution is -2.49. The molecule has 0 aromatic heterocycles. The van der Waals surface area contributed by atoms with Crippen molar-refractivity contribution in [3.63, 3.8) is 0 Å². The Kier molecular flexibility index (Phi) is 5.65. The van der Waals surface area contributed by atoms with Gasteiger partial charge in [0.1, 0.15) is 0 Å². The Hall–Kier alpha value is -0.380. The second kappa shape index (κ2) is 7.06. The van der Waals surface area contributed by atoms with Crippen molar-refractivity contribution in [1.29, 1.82) is 0 Å². The SMILES string of the molecule is CCC(N)C(c1ccc(Br)cc1)N1CCCC(C)C1C. The fourth-order valence-electron chi connectivity index (χ4n) is 3.33.